The van der Waals surface area contributed by atoms with E-state index in [-0.39, 0.29) is 0 Å². The van der Waals surface area contributed by atoms with Crippen LogP contribution in [0.5, 0.6) is 0 Å². The highest BCUT2D eigenvalue weighted by Gasteiger charge is 2.04. The fourth-order valence-corrected chi connectivity index (χ4v) is 2.11. The molecule has 0 amide bonds. The van der Waals surface area contributed by atoms with Gasteiger partial charge in [-0.3, -0.25) is 9.36 Å². The van der Waals surface area contributed by atoms with Crippen molar-refractivity contribution in [2.24, 2.45) is 0 Å². The Kier molecular flexibility index (Phi) is 3.68. The van der Waals surface area contributed by atoms with Crippen LogP contribution in [0.3, 0.4) is 0 Å². The highest BCUT2D eigenvalue weighted by molar-refractivity contribution is 5.61. The summed E-state index contributed by atoms with van der Waals surface area (Å²) in [4.78, 5) is 2.07. The van der Waals surface area contributed by atoms with E-state index in [9.17, 15) is 0 Å². The molecule has 0 aliphatic heterocycles. The maximum atomic E-state index is 4.23. The zero-order valence-electron chi connectivity index (χ0n) is 12.2. The van der Waals surface area contributed by atoms with Gasteiger partial charge in [0.25, 0.3) is 0 Å². The Bertz CT molecular complexity index is 681. The van der Waals surface area contributed by atoms with Crippen molar-refractivity contribution < 1.29 is 0 Å². The summed E-state index contributed by atoms with van der Waals surface area (Å²) in [6, 6.07) is 10.2. The molecule has 21 heavy (non-hydrogen) atoms. The van der Waals surface area contributed by atoms with E-state index in [4.69, 9.17) is 0 Å². The van der Waals surface area contributed by atoms with Gasteiger partial charge in [0.2, 0.25) is 0 Å². The SMILES string of the molecule is CN(C)c1ccc(-c2cn(CCn3cccn3)nn2)cc1. The summed E-state index contributed by atoms with van der Waals surface area (Å²) in [5.74, 6) is 0. The number of aryl methyl sites for hydroxylation is 2. The summed E-state index contributed by atoms with van der Waals surface area (Å²) in [6.45, 7) is 1.54. The molecule has 0 saturated heterocycles. The van der Waals surface area contributed by atoms with E-state index >= 15 is 0 Å². The summed E-state index contributed by atoms with van der Waals surface area (Å²) < 4.78 is 3.73. The van der Waals surface area contributed by atoms with E-state index in [1.165, 1.54) is 5.69 Å². The first-order valence-electron chi connectivity index (χ1n) is 6.88. The molecule has 0 spiro atoms. The lowest BCUT2D eigenvalue weighted by Gasteiger charge is -2.11. The molecule has 0 aliphatic carbocycles. The molecule has 0 unspecified atom stereocenters. The van der Waals surface area contributed by atoms with Crippen molar-refractivity contribution >= 4 is 5.69 Å². The van der Waals surface area contributed by atoms with Gasteiger partial charge < -0.3 is 4.90 Å². The fourth-order valence-electron chi connectivity index (χ4n) is 2.11. The van der Waals surface area contributed by atoms with E-state index in [1.807, 2.05) is 41.9 Å². The van der Waals surface area contributed by atoms with Crippen LogP contribution in [-0.4, -0.2) is 38.9 Å². The third-order valence-electron chi connectivity index (χ3n) is 3.34. The molecular weight excluding hydrogens is 264 g/mol. The second kappa shape index (κ2) is 5.78. The number of rotatable bonds is 5. The van der Waals surface area contributed by atoms with Gasteiger partial charge in [-0.25, -0.2) is 0 Å². The first kappa shape index (κ1) is 13.4. The molecule has 108 valence electrons. The molecule has 2 aromatic heterocycles. The van der Waals surface area contributed by atoms with Gasteiger partial charge in [0.1, 0.15) is 5.69 Å². The lowest BCUT2D eigenvalue weighted by Crippen LogP contribution is -2.08. The van der Waals surface area contributed by atoms with Crippen LogP contribution in [-0.2, 0) is 13.1 Å². The van der Waals surface area contributed by atoms with E-state index in [2.05, 4.69) is 44.6 Å². The average Bonchev–Trinajstić information content (AvgIpc) is 3.17. The molecule has 0 bridgehead atoms. The molecule has 6 heteroatoms. The van der Waals surface area contributed by atoms with Crippen molar-refractivity contribution in [3.63, 3.8) is 0 Å². The largest absolute Gasteiger partial charge is 0.378 e. The van der Waals surface area contributed by atoms with Crippen molar-refractivity contribution in [3.05, 3.63) is 48.9 Å². The molecule has 6 nitrogen and oxygen atoms in total. The quantitative estimate of drug-likeness (QED) is 0.717. The molecule has 2 heterocycles. The first-order valence-corrected chi connectivity index (χ1v) is 6.88. The molecule has 1 aromatic carbocycles. The van der Waals surface area contributed by atoms with Crippen LogP contribution in [0.25, 0.3) is 11.3 Å². The highest BCUT2D eigenvalue weighted by atomic mass is 15.4. The Labute approximate surface area is 123 Å². The number of benzene rings is 1. The van der Waals surface area contributed by atoms with Crippen LogP contribution in [0.4, 0.5) is 5.69 Å². The van der Waals surface area contributed by atoms with Crippen molar-refractivity contribution in [1.82, 2.24) is 24.8 Å². The predicted molar refractivity (Wildman–Crippen MR) is 82.0 cm³/mol. The van der Waals surface area contributed by atoms with Gasteiger partial charge in [0.15, 0.2) is 0 Å². The maximum Gasteiger partial charge on any atom is 0.113 e. The minimum Gasteiger partial charge on any atom is -0.378 e. The van der Waals surface area contributed by atoms with Gasteiger partial charge in [-0.15, -0.1) is 5.10 Å². The summed E-state index contributed by atoms with van der Waals surface area (Å²) in [6.07, 6.45) is 5.69. The standard InChI is InChI=1S/C15H18N6/c1-19(2)14-6-4-13(5-7-14)15-12-21(18-17-15)11-10-20-9-3-8-16-20/h3-9,12H,10-11H2,1-2H3. The van der Waals surface area contributed by atoms with Gasteiger partial charge in [0.05, 0.1) is 19.3 Å². The summed E-state index contributed by atoms with van der Waals surface area (Å²) in [5, 5.41) is 12.6. The van der Waals surface area contributed by atoms with E-state index in [1.54, 1.807) is 6.20 Å². The molecule has 3 aromatic rings. The van der Waals surface area contributed by atoms with Gasteiger partial charge in [-0.1, -0.05) is 17.3 Å². The Morgan fingerprint density at radius 3 is 2.48 bits per heavy atom. The molecule has 0 N–H and O–H groups in total. The fraction of sp³-hybridized carbons (Fsp3) is 0.267. The molecule has 0 fully saturated rings. The smallest absolute Gasteiger partial charge is 0.113 e. The topological polar surface area (TPSA) is 51.8 Å². The van der Waals surface area contributed by atoms with Crippen molar-refractivity contribution in [3.8, 4) is 11.3 Å². The molecule has 0 radical (unpaired) electrons. The van der Waals surface area contributed by atoms with Gasteiger partial charge in [-0.05, 0) is 18.2 Å². The third kappa shape index (κ3) is 3.10. The number of aromatic nitrogens is 5. The number of hydrogen-bond acceptors (Lipinski definition) is 4. The monoisotopic (exact) mass is 282 g/mol. The first-order chi connectivity index (χ1) is 10.2. The van der Waals surface area contributed by atoms with Gasteiger partial charge in [-0.2, -0.15) is 5.10 Å². The minimum atomic E-state index is 0.754. The second-order valence-corrected chi connectivity index (χ2v) is 5.08. The zero-order valence-corrected chi connectivity index (χ0v) is 12.2. The number of nitrogens with zero attached hydrogens (tertiary/aromatic N) is 6. The van der Waals surface area contributed by atoms with Crippen molar-refractivity contribution in [2.75, 3.05) is 19.0 Å². The third-order valence-corrected chi connectivity index (χ3v) is 3.34. The summed E-state index contributed by atoms with van der Waals surface area (Å²) >= 11 is 0. The number of anilines is 1. The Morgan fingerprint density at radius 1 is 1.05 bits per heavy atom. The summed E-state index contributed by atoms with van der Waals surface area (Å²) in [7, 11) is 4.06. The van der Waals surface area contributed by atoms with Crippen LogP contribution in [0.15, 0.2) is 48.9 Å². The van der Waals surface area contributed by atoms with E-state index < -0.39 is 0 Å². The zero-order chi connectivity index (χ0) is 14.7. The van der Waals surface area contributed by atoms with Gasteiger partial charge >= 0.3 is 0 Å². The molecule has 0 aliphatic rings. The maximum absolute atomic E-state index is 4.23. The van der Waals surface area contributed by atoms with Crippen molar-refractivity contribution in [1.29, 1.82) is 0 Å². The highest BCUT2D eigenvalue weighted by Crippen LogP contribution is 2.20. The predicted octanol–water partition coefficient (Wildman–Crippen LogP) is 1.91. The van der Waals surface area contributed by atoms with Gasteiger partial charge in [0, 0.05) is 37.7 Å². The van der Waals surface area contributed by atoms with E-state index in [0.29, 0.717) is 0 Å². The molecule has 0 atom stereocenters. The Morgan fingerprint density at radius 2 is 1.81 bits per heavy atom. The second-order valence-electron chi connectivity index (χ2n) is 5.08. The van der Waals surface area contributed by atoms with Crippen LogP contribution in [0.2, 0.25) is 0 Å². The lowest BCUT2D eigenvalue weighted by atomic mass is 10.1. The van der Waals surface area contributed by atoms with Crippen LogP contribution in [0.1, 0.15) is 0 Å². The minimum absolute atomic E-state index is 0.754. The number of hydrogen-bond donors (Lipinski definition) is 0. The van der Waals surface area contributed by atoms with Crippen LogP contribution in [0, 0.1) is 0 Å². The summed E-state index contributed by atoms with van der Waals surface area (Å²) in [5.41, 5.74) is 3.14. The normalized spacial score (nSPS) is 10.8. The Hall–Kier alpha value is -2.63. The molecule has 3 rings (SSSR count). The van der Waals surface area contributed by atoms with Crippen LogP contribution >= 0.6 is 0 Å². The average molecular weight is 282 g/mol. The lowest BCUT2D eigenvalue weighted by molar-refractivity contribution is 0.490. The van der Waals surface area contributed by atoms with E-state index in [0.717, 1.165) is 24.3 Å². The molecule has 0 saturated carbocycles. The van der Waals surface area contributed by atoms with Crippen molar-refractivity contribution in [2.45, 2.75) is 13.1 Å². The Balaban J connectivity index is 1.69. The van der Waals surface area contributed by atoms with Crippen LogP contribution < -0.4 is 4.90 Å². The molecular formula is C15H18N6.